The van der Waals surface area contributed by atoms with Gasteiger partial charge in [-0.1, -0.05) is 26.3 Å². The number of aliphatic carboxylic acids is 1. The van der Waals surface area contributed by atoms with Crippen molar-refractivity contribution >= 4 is 11.9 Å². The normalized spacial score (nSPS) is 22.9. The summed E-state index contributed by atoms with van der Waals surface area (Å²) in [5.41, 5.74) is 5.48. The number of hydrogen-bond acceptors (Lipinski definition) is 6. The van der Waals surface area contributed by atoms with E-state index in [0.29, 0.717) is 12.0 Å². The summed E-state index contributed by atoms with van der Waals surface area (Å²) in [6.07, 6.45) is 7.95. The number of carbonyl (C=O) groups excluding carboxylic acids is 1. The zero-order chi connectivity index (χ0) is 17.2. The maximum absolute atomic E-state index is 11.0. The molecule has 2 heterocycles. The Bertz CT molecular complexity index is 461. The molecule has 0 radical (unpaired) electrons. The Morgan fingerprint density at radius 3 is 2.74 bits per heavy atom. The molecule has 0 aromatic carbocycles. The van der Waals surface area contributed by atoms with Crippen molar-refractivity contribution < 1.29 is 24.2 Å². The van der Waals surface area contributed by atoms with E-state index in [-0.39, 0.29) is 25.5 Å². The molecule has 130 valence electrons. The van der Waals surface area contributed by atoms with Crippen LogP contribution in [0.4, 0.5) is 0 Å². The molecule has 0 bridgehead atoms. The SMILES string of the molecule is CCC.NCC(=O)OCC1CCC(N2C=CCC(C(=O)O)=C2)O1. The van der Waals surface area contributed by atoms with Gasteiger partial charge in [-0.25, -0.2) is 4.79 Å². The number of carboxylic acids is 1. The van der Waals surface area contributed by atoms with Crippen LogP contribution in [0.2, 0.25) is 0 Å². The number of allylic oxidation sites excluding steroid dienone is 1. The molecule has 3 N–H and O–H groups in total. The molecule has 0 amide bonds. The molecule has 0 aromatic heterocycles. The van der Waals surface area contributed by atoms with Gasteiger partial charge in [0.25, 0.3) is 0 Å². The molecule has 2 aliphatic heterocycles. The van der Waals surface area contributed by atoms with Crippen molar-refractivity contribution in [3.63, 3.8) is 0 Å². The maximum Gasteiger partial charge on any atom is 0.333 e. The molecule has 2 unspecified atom stereocenters. The fourth-order valence-corrected chi connectivity index (χ4v) is 2.17. The quantitative estimate of drug-likeness (QED) is 0.740. The Kier molecular flexibility index (Phi) is 8.36. The molecule has 0 saturated carbocycles. The van der Waals surface area contributed by atoms with Crippen molar-refractivity contribution in [2.45, 2.75) is 51.9 Å². The van der Waals surface area contributed by atoms with Crippen LogP contribution >= 0.6 is 0 Å². The summed E-state index contributed by atoms with van der Waals surface area (Å²) in [6, 6.07) is 0. The molecule has 0 aromatic rings. The first kappa shape index (κ1) is 19.2. The molecular formula is C16H26N2O5. The largest absolute Gasteiger partial charge is 0.478 e. The summed E-state index contributed by atoms with van der Waals surface area (Å²) in [5.74, 6) is -1.38. The fourth-order valence-electron chi connectivity index (χ4n) is 2.17. The third kappa shape index (κ3) is 6.42. The van der Waals surface area contributed by atoms with Gasteiger partial charge in [-0.05, 0) is 12.8 Å². The van der Waals surface area contributed by atoms with Crippen LogP contribution in [-0.2, 0) is 19.1 Å². The number of ether oxygens (including phenoxy) is 2. The van der Waals surface area contributed by atoms with Crippen LogP contribution < -0.4 is 5.73 Å². The highest BCUT2D eigenvalue weighted by atomic mass is 16.6. The van der Waals surface area contributed by atoms with Gasteiger partial charge in [0.05, 0.1) is 18.2 Å². The number of carbonyl (C=O) groups is 2. The molecule has 0 aliphatic carbocycles. The number of rotatable bonds is 5. The summed E-state index contributed by atoms with van der Waals surface area (Å²) < 4.78 is 10.7. The van der Waals surface area contributed by atoms with E-state index < -0.39 is 11.9 Å². The summed E-state index contributed by atoms with van der Waals surface area (Å²) in [5, 5.41) is 8.98. The first-order chi connectivity index (χ1) is 11.0. The van der Waals surface area contributed by atoms with Crippen molar-refractivity contribution in [1.82, 2.24) is 4.90 Å². The van der Waals surface area contributed by atoms with Crippen LogP contribution in [0, 0.1) is 0 Å². The van der Waals surface area contributed by atoms with Gasteiger partial charge in [0, 0.05) is 18.8 Å². The van der Waals surface area contributed by atoms with Crippen molar-refractivity contribution in [1.29, 1.82) is 0 Å². The minimum Gasteiger partial charge on any atom is -0.478 e. The molecule has 1 fully saturated rings. The van der Waals surface area contributed by atoms with E-state index in [1.54, 1.807) is 17.2 Å². The van der Waals surface area contributed by atoms with E-state index >= 15 is 0 Å². The molecule has 23 heavy (non-hydrogen) atoms. The smallest absolute Gasteiger partial charge is 0.333 e. The van der Waals surface area contributed by atoms with Crippen LogP contribution in [-0.4, -0.2) is 47.4 Å². The predicted octanol–water partition coefficient (Wildman–Crippen LogP) is 1.60. The lowest BCUT2D eigenvalue weighted by Crippen LogP contribution is -2.30. The Morgan fingerprint density at radius 2 is 2.13 bits per heavy atom. The van der Waals surface area contributed by atoms with Crippen molar-refractivity contribution in [2.75, 3.05) is 13.2 Å². The molecule has 1 saturated heterocycles. The predicted molar refractivity (Wildman–Crippen MR) is 85.2 cm³/mol. The number of nitrogens with two attached hydrogens (primary N) is 1. The Morgan fingerprint density at radius 1 is 1.43 bits per heavy atom. The third-order valence-electron chi connectivity index (χ3n) is 3.21. The second-order valence-corrected chi connectivity index (χ2v) is 5.38. The lowest BCUT2D eigenvalue weighted by molar-refractivity contribution is -0.147. The molecule has 2 atom stereocenters. The van der Waals surface area contributed by atoms with E-state index in [9.17, 15) is 9.59 Å². The van der Waals surface area contributed by atoms with E-state index in [1.165, 1.54) is 6.42 Å². The van der Waals surface area contributed by atoms with Gasteiger partial charge >= 0.3 is 11.9 Å². The Balaban J connectivity index is 0.000000816. The molecular weight excluding hydrogens is 300 g/mol. The third-order valence-corrected chi connectivity index (χ3v) is 3.21. The van der Waals surface area contributed by atoms with Crippen LogP contribution in [0.25, 0.3) is 0 Å². The number of esters is 1. The zero-order valence-electron chi connectivity index (χ0n) is 13.7. The van der Waals surface area contributed by atoms with Crippen LogP contribution in [0.5, 0.6) is 0 Å². The Labute approximate surface area is 136 Å². The van der Waals surface area contributed by atoms with Gasteiger partial charge in [0.2, 0.25) is 0 Å². The number of hydrogen-bond donors (Lipinski definition) is 2. The van der Waals surface area contributed by atoms with E-state index in [1.807, 2.05) is 6.20 Å². The van der Waals surface area contributed by atoms with Crippen molar-refractivity contribution in [3.05, 3.63) is 24.0 Å². The first-order valence-electron chi connectivity index (χ1n) is 7.91. The second kappa shape index (κ2) is 10.0. The van der Waals surface area contributed by atoms with Crippen molar-refractivity contribution in [2.24, 2.45) is 5.73 Å². The summed E-state index contributed by atoms with van der Waals surface area (Å²) in [4.78, 5) is 23.7. The lowest BCUT2D eigenvalue weighted by atomic mass is 10.1. The molecule has 7 heteroatoms. The summed E-state index contributed by atoms with van der Waals surface area (Å²) >= 11 is 0. The van der Waals surface area contributed by atoms with Gasteiger partial charge < -0.3 is 25.2 Å². The second-order valence-electron chi connectivity index (χ2n) is 5.38. The van der Waals surface area contributed by atoms with Crippen LogP contribution in [0.15, 0.2) is 24.0 Å². The average molecular weight is 326 g/mol. The highest BCUT2D eigenvalue weighted by molar-refractivity contribution is 5.87. The molecule has 2 aliphatic rings. The maximum atomic E-state index is 11.0. The molecule has 0 spiro atoms. The lowest BCUT2D eigenvalue weighted by Gasteiger charge is -2.26. The minimum atomic E-state index is -0.925. The highest BCUT2D eigenvalue weighted by Gasteiger charge is 2.30. The Hall–Kier alpha value is -1.86. The zero-order valence-corrected chi connectivity index (χ0v) is 13.7. The van der Waals surface area contributed by atoms with Crippen LogP contribution in [0.3, 0.4) is 0 Å². The topological polar surface area (TPSA) is 102 Å². The highest BCUT2D eigenvalue weighted by Crippen LogP contribution is 2.26. The van der Waals surface area contributed by atoms with Crippen LogP contribution in [0.1, 0.15) is 39.5 Å². The average Bonchev–Trinajstić information content (AvgIpc) is 3.02. The van der Waals surface area contributed by atoms with Gasteiger partial charge in [0.15, 0.2) is 0 Å². The number of carboxylic acid groups (broad SMARTS) is 1. The number of nitrogens with zero attached hydrogens (tertiary/aromatic N) is 1. The minimum absolute atomic E-state index is 0.143. The summed E-state index contributed by atoms with van der Waals surface area (Å²) in [7, 11) is 0. The molecule has 2 rings (SSSR count). The van der Waals surface area contributed by atoms with Gasteiger partial charge in [0.1, 0.15) is 12.8 Å². The van der Waals surface area contributed by atoms with E-state index in [4.69, 9.17) is 20.3 Å². The van der Waals surface area contributed by atoms with Gasteiger partial charge in [-0.15, -0.1) is 0 Å². The van der Waals surface area contributed by atoms with E-state index in [0.717, 1.165) is 12.8 Å². The first-order valence-corrected chi connectivity index (χ1v) is 7.91. The summed E-state index contributed by atoms with van der Waals surface area (Å²) in [6.45, 7) is 4.29. The standard InChI is InChI=1S/C13H18N2O5.C3H8/c14-6-12(16)19-8-10-3-4-11(20-10)15-5-1-2-9(7-15)13(17)18;1-3-2/h1,5,7,10-11H,2-4,6,8,14H2,(H,17,18);3H2,1-2H3. The van der Waals surface area contributed by atoms with Crippen molar-refractivity contribution in [3.8, 4) is 0 Å². The monoisotopic (exact) mass is 326 g/mol. The van der Waals surface area contributed by atoms with Gasteiger partial charge in [-0.3, -0.25) is 4.79 Å². The molecule has 7 nitrogen and oxygen atoms in total. The van der Waals surface area contributed by atoms with E-state index in [2.05, 4.69) is 13.8 Å². The fraction of sp³-hybridized carbons (Fsp3) is 0.625. The van der Waals surface area contributed by atoms with Gasteiger partial charge in [-0.2, -0.15) is 0 Å².